The highest BCUT2D eigenvalue weighted by Gasteiger charge is 2.23. The van der Waals surface area contributed by atoms with E-state index in [0.29, 0.717) is 53.3 Å². The molecule has 260 valence electrons. The Balaban J connectivity index is 0.00000142. The molecule has 0 unspecified atom stereocenters. The molecule has 0 saturated carbocycles. The number of unbranched alkanes of at least 4 members (excludes halogenated alkanes) is 1. The van der Waals surface area contributed by atoms with Gasteiger partial charge in [0.1, 0.15) is 11.8 Å². The van der Waals surface area contributed by atoms with Gasteiger partial charge >= 0.3 is 6.03 Å². The lowest BCUT2D eigenvalue weighted by molar-refractivity contribution is -0.524. The zero-order valence-corrected chi connectivity index (χ0v) is 28.8. The van der Waals surface area contributed by atoms with Crippen LogP contribution in [0.4, 0.5) is 10.6 Å². The van der Waals surface area contributed by atoms with E-state index in [-0.39, 0.29) is 29.8 Å². The molecule has 1 aromatic heterocycles. The van der Waals surface area contributed by atoms with E-state index in [1.165, 1.54) is 5.32 Å². The van der Waals surface area contributed by atoms with Gasteiger partial charge in [0.2, 0.25) is 5.91 Å². The van der Waals surface area contributed by atoms with Crippen molar-refractivity contribution in [1.29, 1.82) is 0 Å². The van der Waals surface area contributed by atoms with Gasteiger partial charge in [-0.15, -0.1) is 0 Å². The number of ether oxygens (including phenoxy) is 3. The summed E-state index contributed by atoms with van der Waals surface area (Å²) >= 11 is 0. The Kier molecular flexibility index (Phi) is 14.9. The summed E-state index contributed by atoms with van der Waals surface area (Å²) in [6.07, 6.45) is 2.09. The van der Waals surface area contributed by atoms with E-state index in [4.69, 9.17) is 31.7 Å². The molecule has 4 N–H and O–H groups in total. The van der Waals surface area contributed by atoms with Gasteiger partial charge in [0.25, 0.3) is 5.91 Å². The fourth-order valence-corrected chi connectivity index (χ4v) is 4.40. The van der Waals surface area contributed by atoms with Crippen LogP contribution in [0.5, 0.6) is 17.2 Å². The standard InChI is InChI=1S/C30H41N5O7.CH4O3S/c1-18(2)35(19(3)4)29(37)21-10-13-24(26(16-21)39-7)41-15-9-8-14-40-22-11-12-23-25(17-22)42-34-27(23)33-28(36)20(5)32-30(38)31-6;1-5(2,3)4/h10-13,16-20H,8-9,14-15H2,1-7H3,(H2,31,32,38)(H,33,34,36);1H3,(H,2,3,4)/t20-;/m0./s1. The van der Waals surface area contributed by atoms with Gasteiger partial charge < -0.3 is 33.5 Å². The number of nitrogens with one attached hydrogen (secondary N) is 2. The van der Waals surface area contributed by atoms with Gasteiger partial charge in [-0.3, -0.25) is 20.2 Å². The number of amides is 4. The van der Waals surface area contributed by atoms with E-state index in [2.05, 4.69) is 15.8 Å². The van der Waals surface area contributed by atoms with E-state index >= 15 is 0 Å². The molecule has 3 aromatic rings. The molecule has 0 fully saturated rings. The van der Waals surface area contributed by atoms with Crippen LogP contribution in [0.3, 0.4) is 0 Å². The monoisotopic (exact) mass is 679 g/mol. The Labute approximate surface area is 275 Å². The molecule has 0 aliphatic heterocycles. The maximum Gasteiger partial charge on any atom is 0.413 e. The second-order valence-corrected chi connectivity index (χ2v) is 12.5. The minimum absolute atomic E-state index is 0.0441. The first-order valence-electron chi connectivity index (χ1n) is 15.0. The molecule has 16 heteroatoms. The van der Waals surface area contributed by atoms with Crippen LogP contribution in [0.2, 0.25) is 0 Å². The summed E-state index contributed by atoms with van der Waals surface area (Å²) in [7, 11) is -0.767. The molecule has 15 nitrogen and oxygen atoms in total. The molecule has 1 heterocycles. The van der Waals surface area contributed by atoms with E-state index < -0.39 is 22.1 Å². The van der Waals surface area contributed by atoms with Crippen molar-refractivity contribution >= 4 is 44.8 Å². The van der Waals surface area contributed by atoms with Crippen molar-refractivity contribution in [3.05, 3.63) is 42.0 Å². The number of benzene rings is 2. The Hall–Kier alpha value is -4.41. The molecule has 0 spiro atoms. The number of anilines is 1. The SMILES string of the molecule is CS(=O)(=O)[O-].C[NH2+]C(=O)N[C@@H](C)C(=O)Nc1noc2cc(OCCCCOc3ccc(C(=O)N(C(C)C)C(C)C)cc3OC)ccc12. The first kappa shape index (κ1) is 38.8. The number of carbonyl (C=O) groups is 3. The topological polar surface area (TPSA) is 206 Å². The third-order valence-electron chi connectivity index (χ3n) is 6.52. The molecule has 0 aliphatic rings. The quantitative estimate of drug-likeness (QED) is 0.167. The Bertz CT molecular complexity index is 1590. The highest BCUT2D eigenvalue weighted by molar-refractivity contribution is 7.84. The second kappa shape index (κ2) is 18.1. The number of carbonyl (C=O) groups excluding carboxylic acids is 3. The predicted octanol–water partition coefficient (Wildman–Crippen LogP) is 2.72. The van der Waals surface area contributed by atoms with Crippen LogP contribution in [0.1, 0.15) is 57.8 Å². The number of rotatable bonds is 14. The Morgan fingerprint density at radius 2 is 1.60 bits per heavy atom. The normalized spacial score (nSPS) is 11.8. The molecule has 3 rings (SSSR count). The van der Waals surface area contributed by atoms with Gasteiger partial charge in [0.05, 0.1) is 42.9 Å². The number of quaternary nitrogens is 1. The molecule has 2 aromatic carbocycles. The van der Waals surface area contributed by atoms with Crippen LogP contribution in [0.15, 0.2) is 40.9 Å². The molecule has 4 amide bonds. The number of methoxy groups -OCH3 is 1. The molecule has 0 aliphatic carbocycles. The maximum atomic E-state index is 13.0. The first-order chi connectivity index (χ1) is 22.0. The molecule has 1 atom stereocenters. The minimum atomic E-state index is -3.92. The van der Waals surface area contributed by atoms with Crippen LogP contribution < -0.4 is 30.2 Å². The van der Waals surface area contributed by atoms with Crippen molar-refractivity contribution in [2.75, 3.05) is 38.9 Å². The van der Waals surface area contributed by atoms with Crippen molar-refractivity contribution in [3.8, 4) is 17.2 Å². The number of nitrogens with zero attached hydrogens (tertiary/aromatic N) is 2. The van der Waals surface area contributed by atoms with Gasteiger partial charge in [-0.2, -0.15) is 0 Å². The van der Waals surface area contributed by atoms with Gasteiger partial charge in [-0.1, -0.05) is 5.16 Å². The van der Waals surface area contributed by atoms with Gasteiger partial charge in [-0.05, 0) is 77.8 Å². The molecular weight excluding hydrogens is 634 g/mol. The summed E-state index contributed by atoms with van der Waals surface area (Å²) < 4.78 is 49.8. The number of fused-ring (bicyclic) bond motifs is 1. The fourth-order valence-electron chi connectivity index (χ4n) is 4.40. The lowest BCUT2D eigenvalue weighted by Gasteiger charge is -2.31. The number of hydrogen-bond acceptors (Lipinski definition) is 11. The molecule has 47 heavy (non-hydrogen) atoms. The number of nitrogens with two attached hydrogens (primary N) is 1. The summed E-state index contributed by atoms with van der Waals surface area (Å²) in [5.74, 6) is 1.51. The number of aromatic nitrogens is 1. The highest BCUT2D eigenvalue weighted by atomic mass is 32.2. The van der Waals surface area contributed by atoms with Crippen molar-refractivity contribution < 1.29 is 51.4 Å². The lowest BCUT2D eigenvalue weighted by Crippen LogP contribution is -2.87. The summed E-state index contributed by atoms with van der Waals surface area (Å²) in [4.78, 5) is 38.7. The van der Waals surface area contributed by atoms with Crippen molar-refractivity contribution in [2.45, 2.75) is 65.6 Å². The minimum Gasteiger partial charge on any atom is -0.748 e. The van der Waals surface area contributed by atoms with Gasteiger partial charge in [-0.25, -0.2) is 13.2 Å². The average molecular weight is 680 g/mol. The highest BCUT2D eigenvalue weighted by Crippen LogP contribution is 2.30. The Morgan fingerprint density at radius 3 is 2.17 bits per heavy atom. The van der Waals surface area contributed by atoms with Crippen molar-refractivity contribution in [1.82, 2.24) is 15.4 Å². The summed E-state index contributed by atoms with van der Waals surface area (Å²) in [6, 6.07) is 9.59. The predicted molar refractivity (Wildman–Crippen MR) is 174 cm³/mol. The lowest BCUT2D eigenvalue weighted by atomic mass is 10.1. The summed E-state index contributed by atoms with van der Waals surface area (Å²) in [5, 5.41) is 11.1. The maximum absolute atomic E-state index is 13.0. The molecule has 0 bridgehead atoms. The first-order valence-corrected chi connectivity index (χ1v) is 16.8. The smallest absolute Gasteiger partial charge is 0.413 e. The summed E-state index contributed by atoms with van der Waals surface area (Å²) in [5.41, 5.74) is 1.02. The van der Waals surface area contributed by atoms with Gasteiger partial charge in [0.15, 0.2) is 22.9 Å². The van der Waals surface area contributed by atoms with Gasteiger partial charge in [0, 0.05) is 30.0 Å². The largest absolute Gasteiger partial charge is 0.748 e. The van der Waals surface area contributed by atoms with Crippen LogP contribution in [-0.4, -0.2) is 92.6 Å². The number of hydrogen-bond donors (Lipinski definition) is 3. The van der Waals surface area contributed by atoms with Crippen molar-refractivity contribution in [2.24, 2.45) is 0 Å². The third-order valence-corrected chi connectivity index (χ3v) is 6.52. The molecule has 0 radical (unpaired) electrons. The second-order valence-electron chi connectivity index (χ2n) is 11.1. The van der Waals surface area contributed by atoms with Crippen LogP contribution >= 0.6 is 0 Å². The molecular formula is C31H45N5O10S. The van der Waals surface area contributed by atoms with E-state index in [1.54, 1.807) is 57.5 Å². The average Bonchev–Trinajstić information content (AvgIpc) is 3.39. The zero-order valence-electron chi connectivity index (χ0n) is 28.0. The fraction of sp³-hybridized carbons (Fsp3) is 0.484. The van der Waals surface area contributed by atoms with Crippen LogP contribution in [0, 0.1) is 0 Å². The number of urea groups is 1. The van der Waals surface area contributed by atoms with Crippen LogP contribution in [0.25, 0.3) is 11.0 Å². The van der Waals surface area contributed by atoms with E-state index in [1.807, 2.05) is 32.6 Å². The van der Waals surface area contributed by atoms with E-state index in [0.717, 1.165) is 12.8 Å². The number of primary amides is 1. The Morgan fingerprint density at radius 1 is 0.979 bits per heavy atom. The third kappa shape index (κ3) is 12.7. The van der Waals surface area contributed by atoms with E-state index in [9.17, 15) is 14.4 Å². The van der Waals surface area contributed by atoms with Crippen LogP contribution in [-0.2, 0) is 14.9 Å². The summed E-state index contributed by atoms with van der Waals surface area (Å²) in [6.45, 7) is 10.5. The van der Waals surface area contributed by atoms with Crippen molar-refractivity contribution in [3.63, 3.8) is 0 Å². The molecule has 0 saturated heterocycles. The zero-order chi connectivity index (χ0) is 35.3.